The van der Waals surface area contributed by atoms with Gasteiger partial charge in [-0.3, -0.25) is 25.0 Å². The second-order valence-corrected chi connectivity index (χ2v) is 5.75. The third kappa shape index (κ3) is 4.93. The predicted molar refractivity (Wildman–Crippen MR) is 96.2 cm³/mol. The van der Waals surface area contributed by atoms with E-state index in [4.69, 9.17) is 0 Å². The van der Waals surface area contributed by atoms with Crippen LogP contribution < -0.4 is 10.6 Å². The van der Waals surface area contributed by atoms with E-state index >= 15 is 0 Å². The number of carbonyl (C=O) groups excluding carboxylic acids is 2. The van der Waals surface area contributed by atoms with Gasteiger partial charge in [0.15, 0.2) is 5.82 Å². The number of amides is 2. The van der Waals surface area contributed by atoms with Crippen LogP contribution in [0.1, 0.15) is 23.2 Å². The maximum absolute atomic E-state index is 13.5. The fourth-order valence-corrected chi connectivity index (χ4v) is 2.34. The van der Waals surface area contributed by atoms with Gasteiger partial charge >= 0.3 is 0 Å². The molecule has 0 aliphatic rings. The van der Waals surface area contributed by atoms with Crippen LogP contribution in [0.4, 0.5) is 14.7 Å². The van der Waals surface area contributed by atoms with Crippen LogP contribution in [0.25, 0.3) is 11.5 Å². The third-order valence-electron chi connectivity index (χ3n) is 3.69. The summed E-state index contributed by atoms with van der Waals surface area (Å²) < 4.78 is 26.4. The fourth-order valence-electron chi connectivity index (χ4n) is 2.34. The molecule has 10 heteroatoms. The molecule has 0 aliphatic heterocycles. The lowest BCUT2D eigenvalue weighted by atomic mass is 10.2. The van der Waals surface area contributed by atoms with Crippen molar-refractivity contribution >= 4 is 17.8 Å². The van der Waals surface area contributed by atoms with E-state index in [0.717, 1.165) is 12.1 Å². The Balaban J connectivity index is 1.42. The Hall–Kier alpha value is -3.69. The van der Waals surface area contributed by atoms with Gasteiger partial charge in [0.05, 0.1) is 5.56 Å². The number of H-pyrrole nitrogens is 1. The van der Waals surface area contributed by atoms with Crippen LogP contribution in [0, 0.1) is 11.6 Å². The average molecular weight is 386 g/mol. The molecular weight excluding hydrogens is 370 g/mol. The van der Waals surface area contributed by atoms with Gasteiger partial charge in [-0.05, 0) is 30.7 Å². The lowest BCUT2D eigenvalue weighted by Crippen LogP contribution is -2.26. The predicted octanol–water partition coefficient (Wildman–Crippen LogP) is 2.29. The van der Waals surface area contributed by atoms with Crippen LogP contribution in [0.15, 0.2) is 42.6 Å². The van der Waals surface area contributed by atoms with Crippen LogP contribution in [0.2, 0.25) is 0 Å². The quantitative estimate of drug-likeness (QED) is 0.539. The molecule has 0 atom stereocenters. The maximum atomic E-state index is 13.5. The summed E-state index contributed by atoms with van der Waals surface area (Å²) in [7, 11) is 0. The Bertz CT molecular complexity index is 977. The summed E-state index contributed by atoms with van der Waals surface area (Å²) in [5.74, 6) is -2.18. The maximum Gasteiger partial charge on any atom is 0.254 e. The molecule has 3 rings (SSSR count). The van der Waals surface area contributed by atoms with E-state index in [-0.39, 0.29) is 30.4 Å². The van der Waals surface area contributed by atoms with E-state index in [1.54, 1.807) is 24.4 Å². The summed E-state index contributed by atoms with van der Waals surface area (Å²) in [5.41, 5.74) is 0.333. The number of nitrogens with zero attached hydrogens (tertiary/aromatic N) is 3. The highest BCUT2D eigenvalue weighted by Gasteiger charge is 2.13. The first-order valence-corrected chi connectivity index (χ1v) is 8.40. The van der Waals surface area contributed by atoms with Crippen LogP contribution in [-0.4, -0.2) is 38.5 Å². The highest BCUT2D eigenvalue weighted by atomic mass is 19.1. The SMILES string of the molecule is O=C(CCCNC(=O)c1ccc(F)cc1F)Nc1n[nH]c(-c2ccccn2)n1. The summed E-state index contributed by atoms with van der Waals surface area (Å²) in [5, 5.41) is 11.6. The van der Waals surface area contributed by atoms with E-state index in [2.05, 4.69) is 30.8 Å². The first kappa shape index (κ1) is 19.1. The number of pyridine rings is 1. The molecule has 0 radical (unpaired) electrons. The van der Waals surface area contributed by atoms with Crippen molar-refractivity contribution in [2.75, 3.05) is 11.9 Å². The number of aromatic amines is 1. The van der Waals surface area contributed by atoms with Crippen molar-refractivity contribution in [2.24, 2.45) is 0 Å². The Morgan fingerprint density at radius 3 is 2.75 bits per heavy atom. The molecule has 0 aliphatic carbocycles. The number of hydrogen-bond donors (Lipinski definition) is 3. The van der Waals surface area contributed by atoms with Crippen molar-refractivity contribution in [3.63, 3.8) is 0 Å². The van der Waals surface area contributed by atoms with E-state index in [1.807, 2.05) is 0 Å². The number of halogens is 2. The number of rotatable bonds is 7. The molecule has 2 heterocycles. The summed E-state index contributed by atoms with van der Waals surface area (Å²) in [6.07, 6.45) is 2.03. The van der Waals surface area contributed by atoms with E-state index in [9.17, 15) is 18.4 Å². The second-order valence-electron chi connectivity index (χ2n) is 5.75. The van der Waals surface area contributed by atoms with E-state index in [1.165, 1.54) is 0 Å². The summed E-state index contributed by atoms with van der Waals surface area (Å²) in [6.45, 7) is 0.149. The van der Waals surface area contributed by atoms with Gasteiger partial charge in [-0.15, -0.1) is 5.10 Å². The average Bonchev–Trinajstić information content (AvgIpc) is 3.14. The Labute approximate surface area is 158 Å². The van der Waals surface area contributed by atoms with Crippen LogP contribution >= 0.6 is 0 Å². The van der Waals surface area contributed by atoms with Crippen molar-refractivity contribution in [1.82, 2.24) is 25.5 Å². The second kappa shape index (κ2) is 8.80. The molecule has 2 aromatic heterocycles. The number of anilines is 1. The fraction of sp³-hybridized carbons (Fsp3) is 0.167. The minimum Gasteiger partial charge on any atom is -0.352 e. The van der Waals surface area contributed by atoms with Crippen molar-refractivity contribution in [3.8, 4) is 11.5 Å². The standard InChI is InChI=1S/C18H16F2N6O2/c19-11-6-7-12(13(20)10-11)17(28)22-9-3-5-15(27)23-18-24-16(25-26-18)14-4-1-2-8-21-14/h1-2,4,6-8,10H,3,5,9H2,(H,22,28)(H2,23,24,25,26,27). The molecule has 8 nitrogen and oxygen atoms in total. The molecule has 2 amide bonds. The molecule has 1 aromatic carbocycles. The molecule has 0 bridgehead atoms. The minimum atomic E-state index is -0.941. The Morgan fingerprint density at radius 2 is 2.00 bits per heavy atom. The van der Waals surface area contributed by atoms with Gasteiger partial charge in [-0.25, -0.2) is 8.78 Å². The number of aromatic nitrogens is 4. The summed E-state index contributed by atoms with van der Waals surface area (Å²) >= 11 is 0. The normalized spacial score (nSPS) is 10.5. The van der Waals surface area contributed by atoms with Gasteiger partial charge < -0.3 is 5.32 Å². The monoisotopic (exact) mass is 386 g/mol. The molecule has 3 N–H and O–H groups in total. The zero-order valence-electron chi connectivity index (χ0n) is 14.6. The highest BCUT2D eigenvalue weighted by Crippen LogP contribution is 2.12. The molecular formula is C18H16F2N6O2. The minimum absolute atomic E-state index is 0.0969. The number of nitrogens with one attached hydrogen (secondary N) is 3. The molecule has 0 unspecified atom stereocenters. The van der Waals surface area contributed by atoms with Crippen molar-refractivity contribution in [2.45, 2.75) is 12.8 Å². The first-order valence-electron chi connectivity index (χ1n) is 8.40. The molecule has 0 saturated heterocycles. The van der Waals surface area contributed by atoms with Gasteiger partial charge in [0.2, 0.25) is 11.9 Å². The van der Waals surface area contributed by atoms with Crippen LogP contribution in [-0.2, 0) is 4.79 Å². The number of hydrogen-bond acceptors (Lipinski definition) is 5. The van der Waals surface area contributed by atoms with Crippen molar-refractivity contribution < 1.29 is 18.4 Å². The largest absolute Gasteiger partial charge is 0.352 e. The van der Waals surface area contributed by atoms with Gasteiger partial charge in [-0.2, -0.15) is 4.98 Å². The van der Waals surface area contributed by atoms with Gasteiger partial charge in [-0.1, -0.05) is 6.07 Å². The van der Waals surface area contributed by atoms with E-state index in [0.29, 0.717) is 24.0 Å². The summed E-state index contributed by atoms with van der Waals surface area (Å²) in [6, 6.07) is 8.02. The van der Waals surface area contributed by atoms with Crippen LogP contribution in [0.5, 0.6) is 0 Å². The lowest BCUT2D eigenvalue weighted by Gasteiger charge is -2.06. The molecule has 3 aromatic rings. The number of carbonyl (C=O) groups is 2. The topological polar surface area (TPSA) is 113 Å². The number of benzene rings is 1. The van der Waals surface area contributed by atoms with Crippen LogP contribution in [0.3, 0.4) is 0 Å². The lowest BCUT2D eigenvalue weighted by molar-refractivity contribution is -0.116. The van der Waals surface area contributed by atoms with Gasteiger partial charge in [0.25, 0.3) is 5.91 Å². The van der Waals surface area contributed by atoms with E-state index < -0.39 is 17.5 Å². The van der Waals surface area contributed by atoms with Crippen molar-refractivity contribution in [1.29, 1.82) is 0 Å². The smallest absolute Gasteiger partial charge is 0.254 e. The Morgan fingerprint density at radius 1 is 1.14 bits per heavy atom. The third-order valence-corrected chi connectivity index (χ3v) is 3.69. The highest BCUT2D eigenvalue weighted by molar-refractivity contribution is 5.94. The first-order chi connectivity index (χ1) is 13.5. The van der Waals surface area contributed by atoms with Gasteiger partial charge in [0.1, 0.15) is 17.3 Å². The Kier molecular flexibility index (Phi) is 6.00. The molecule has 144 valence electrons. The zero-order chi connectivity index (χ0) is 19.9. The van der Waals surface area contributed by atoms with Crippen molar-refractivity contribution in [3.05, 3.63) is 59.8 Å². The molecule has 0 fully saturated rings. The zero-order valence-corrected chi connectivity index (χ0v) is 14.6. The molecule has 28 heavy (non-hydrogen) atoms. The van der Waals surface area contributed by atoms with Gasteiger partial charge in [0, 0.05) is 25.2 Å². The molecule has 0 saturated carbocycles. The molecule has 0 spiro atoms. The summed E-state index contributed by atoms with van der Waals surface area (Å²) in [4.78, 5) is 32.0.